The minimum absolute atomic E-state index is 0.704. The van der Waals surface area contributed by atoms with E-state index in [0.717, 1.165) is 5.70 Å². The van der Waals surface area contributed by atoms with E-state index < -0.39 is 0 Å². The van der Waals surface area contributed by atoms with Crippen molar-refractivity contribution in [3.05, 3.63) is 72.3 Å². The van der Waals surface area contributed by atoms with Crippen molar-refractivity contribution < 1.29 is 0 Å². The molecule has 0 amide bonds. The van der Waals surface area contributed by atoms with Crippen LogP contribution in [0.4, 0.5) is 0 Å². The van der Waals surface area contributed by atoms with Gasteiger partial charge in [0.2, 0.25) is 0 Å². The largest absolute Gasteiger partial charge is 0.392 e. The lowest BCUT2D eigenvalue weighted by Gasteiger charge is -2.06. The van der Waals surface area contributed by atoms with Crippen molar-refractivity contribution >= 4 is 17.5 Å². The Morgan fingerprint density at radius 1 is 1.13 bits per heavy atom. The highest BCUT2D eigenvalue weighted by molar-refractivity contribution is 5.97. The highest BCUT2D eigenvalue weighted by Gasteiger charge is 2.09. The van der Waals surface area contributed by atoms with Crippen LogP contribution < -0.4 is 5.32 Å². The Labute approximate surface area is 137 Å². The van der Waals surface area contributed by atoms with E-state index in [1.807, 2.05) is 13.2 Å². The number of nitrogens with one attached hydrogen (secondary N) is 1. The van der Waals surface area contributed by atoms with E-state index in [0.29, 0.717) is 6.54 Å². The summed E-state index contributed by atoms with van der Waals surface area (Å²) in [4.78, 5) is 4.06. The monoisotopic (exact) mass is 303 g/mol. The Morgan fingerprint density at radius 3 is 2.70 bits per heavy atom. The molecular weight excluding hydrogens is 282 g/mol. The number of rotatable bonds is 5. The van der Waals surface area contributed by atoms with E-state index >= 15 is 0 Å². The number of benzene rings is 2. The summed E-state index contributed by atoms with van der Waals surface area (Å²) in [5.74, 6) is 0. The maximum absolute atomic E-state index is 4.06. The molecular formula is C20H21N3. The molecule has 0 fully saturated rings. The van der Waals surface area contributed by atoms with Gasteiger partial charge in [-0.25, -0.2) is 0 Å². The highest BCUT2D eigenvalue weighted by Crippen LogP contribution is 2.31. The first-order valence-corrected chi connectivity index (χ1v) is 7.70. The van der Waals surface area contributed by atoms with Gasteiger partial charge >= 0.3 is 0 Å². The highest BCUT2D eigenvalue weighted by atomic mass is 15.0. The summed E-state index contributed by atoms with van der Waals surface area (Å²) in [5, 5.41) is 5.55. The van der Waals surface area contributed by atoms with Crippen LogP contribution in [-0.4, -0.2) is 18.3 Å². The average Bonchev–Trinajstić information content (AvgIpc) is 2.94. The number of aromatic nitrogens is 1. The van der Waals surface area contributed by atoms with E-state index in [2.05, 4.69) is 83.4 Å². The third kappa shape index (κ3) is 3.04. The van der Waals surface area contributed by atoms with Gasteiger partial charge in [0.25, 0.3) is 0 Å². The van der Waals surface area contributed by atoms with Crippen molar-refractivity contribution in [3.63, 3.8) is 0 Å². The second kappa shape index (κ2) is 6.53. The van der Waals surface area contributed by atoms with Gasteiger partial charge in [-0.2, -0.15) is 0 Å². The van der Waals surface area contributed by atoms with Crippen LogP contribution in [0.5, 0.6) is 0 Å². The average molecular weight is 303 g/mol. The quantitative estimate of drug-likeness (QED) is 0.696. The van der Waals surface area contributed by atoms with Gasteiger partial charge in [0.05, 0.1) is 12.2 Å². The lowest BCUT2D eigenvalue weighted by Crippen LogP contribution is -2.01. The molecule has 0 saturated carbocycles. The number of fused-ring (bicyclic) bond motifs is 1. The van der Waals surface area contributed by atoms with E-state index in [1.165, 1.54) is 27.5 Å². The molecule has 1 aromatic heterocycles. The zero-order chi connectivity index (χ0) is 16.2. The number of aliphatic imine (C=N–C) groups is 1. The predicted octanol–water partition coefficient (Wildman–Crippen LogP) is 4.38. The van der Waals surface area contributed by atoms with Crippen LogP contribution in [0.2, 0.25) is 0 Å². The van der Waals surface area contributed by atoms with Crippen molar-refractivity contribution in [2.24, 2.45) is 4.99 Å². The molecule has 0 saturated heterocycles. The summed E-state index contributed by atoms with van der Waals surface area (Å²) < 4.78 is 2.16. The second-order valence-corrected chi connectivity index (χ2v) is 5.64. The predicted molar refractivity (Wildman–Crippen MR) is 98.8 cm³/mol. The number of hydrogen-bond donors (Lipinski definition) is 1. The van der Waals surface area contributed by atoms with Gasteiger partial charge < -0.3 is 9.88 Å². The van der Waals surface area contributed by atoms with Crippen LogP contribution in [0, 0.1) is 6.92 Å². The molecule has 3 aromatic rings. The fraction of sp³-hybridized carbons (Fsp3) is 0.150. The minimum Gasteiger partial charge on any atom is -0.392 e. The molecule has 3 nitrogen and oxygen atoms in total. The third-order valence-corrected chi connectivity index (χ3v) is 4.02. The summed E-state index contributed by atoms with van der Waals surface area (Å²) in [6.07, 6.45) is 6.22. The molecule has 23 heavy (non-hydrogen) atoms. The number of hydrogen-bond acceptors (Lipinski definition) is 2. The van der Waals surface area contributed by atoms with E-state index in [1.54, 1.807) is 0 Å². The zero-order valence-corrected chi connectivity index (χ0v) is 13.6. The van der Waals surface area contributed by atoms with Crippen LogP contribution in [0.3, 0.4) is 0 Å². The van der Waals surface area contributed by atoms with E-state index in [4.69, 9.17) is 0 Å². The Kier molecular flexibility index (Phi) is 4.29. The fourth-order valence-electron chi connectivity index (χ4n) is 2.95. The maximum atomic E-state index is 4.06. The number of aryl methyl sites for hydroxylation is 1. The van der Waals surface area contributed by atoms with Gasteiger partial charge in [-0.05, 0) is 35.5 Å². The van der Waals surface area contributed by atoms with Crippen molar-refractivity contribution in [2.45, 2.75) is 13.5 Å². The molecule has 1 N–H and O–H groups in total. The maximum Gasteiger partial charge on any atom is 0.0749 e. The fourth-order valence-corrected chi connectivity index (χ4v) is 2.95. The number of nitrogens with zero attached hydrogens (tertiary/aromatic N) is 2. The second-order valence-electron chi connectivity index (χ2n) is 5.64. The van der Waals surface area contributed by atoms with Crippen LogP contribution >= 0.6 is 0 Å². The van der Waals surface area contributed by atoms with Crippen LogP contribution in [0.1, 0.15) is 5.56 Å². The molecule has 116 valence electrons. The molecule has 0 aliphatic rings. The van der Waals surface area contributed by atoms with Gasteiger partial charge in [-0.15, -0.1) is 0 Å². The van der Waals surface area contributed by atoms with E-state index in [-0.39, 0.29) is 0 Å². The summed E-state index contributed by atoms with van der Waals surface area (Å²) in [7, 11) is 1.87. The van der Waals surface area contributed by atoms with Crippen molar-refractivity contribution in [3.8, 4) is 11.1 Å². The van der Waals surface area contributed by atoms with Crippen molar-refractivity contribution in [1.29, 1.82) is 0 Å². The first kappa shape index (κ1) is 15.1. The Morgan fingerprint density at radius 2 is 1.91 bits per heavy atom. The molecule has 0 aliphatic heterocycles. The molecule has 0 atom stereocenters. The summed E-state index contributed by atoms with van der Waals surface area (Å²) >= 11 is 0. The van der Waals surface area contributed by atoms with Crippen molar-refractivity contribution in [2.75, 3.05) is 7.05 Å². The molecule has 0 radical (unpaired) electrons. The summed E-state index contributed by atoms with van der Waals surface area (Å²) in [6.45, 7) is 6.49. The first-order chi connectivity index (χ1) is 11.2. The standard InChI is InChI=1S/C20H21N3/c1-15-12-23(13-17(22-3)11-21-2)14-20(15)19-10-6-8-16-7-4-5-9-18(16)19/h4-12,14,21H,3,13H2,1-2H3/b17-11-. The first-order valence-electron chi connectivity index (χ1n) is 7.70. The third-order valence-electron chi connectivity index (χ3n) is 4.02. The SMILES string of the molecule is C=N/C(=C\NC)Cn1cc(C)c(-c2cccc3ccccc23)c1. The summed E-state index contributed by atoms with van der Waals surface area (Å²) in [6, 6.07) is 15.0. The molecule has 2 aromatic carbocycles. The van der Waals surface area contributed by atoms with Crippen LogP contribution in [-0.2, 0) is 6.54 Å². The molecule has 0 aliphatic carbocycles. The van der Waals surface area contributed by atoms with E-state index in [9.17, 15) is 0 Å². The van der Waals surface area contributed by atoms with Crippen molar-refractivity contribution in [1.82, 2.24) is 9.88 Å². The smallest absolute Gasteiger partial charge is 0.0749 e. The topological polar surface area (TPSA) is 29.3 Å². The number of allylic oxidation sites excluding steroid dienone is 1. The van der Waals surface area contributed by atoms with Gasteiger partial charge in [0.1, 0.15) is 0 Å². The lowest BCUT2D eigenvalue weighted by atomic mass is 9.98. The molecule has 3 rings (SSSR count). The minimum atomic E-state index is 0.704. The van der Waals surface area contributed by atoms with Gasteiger partial charge in [0.15, 0.2) is 0 Å². The van der Waals surface area contributed by atoms with Gasteiger partial charge in [0, 0.05) is 31.2 Å². The molecule has 0 spiro atoms. The van der Waals surface area contributed by atoms with Gasteiger partial charge in [-0.3, -0.25) is 4.99 Å². The molecule has 0 unspecified atom stereocenters. The summed E-state index contributed by atoms with van der Waals surface area (Å²) in [5.41, 5.74) is 4.70. The lowest BCUT2D eigenvalue weighted by molar-refractivity contribution is 0.774. The molecule has 0 bridgehead atoms. The Hall–Kier alpha value is -2.81. The Balaban J connectivity index is 2.04. The molecule has 1 heterocycles. The zero-order valence-electron chi connectivity index (χ0n) is 13.6. The van der Waals surface area contributed by atoms with Crippen LogP contribution in [0.25, 0.3) is 21.9 Å². The molecule has 3 heteroatoms. The van der Waals surface area contributed by atoms with Gasteiger partial charge in [-0.1, -0.05) is 42.5 Å². The normalized spacial score (nSPS) is 11.7. The Bertz CT molecular complexity index is 866. The van der Waals surface area contributed by atoms with Crippen LogP contribution in [0.15, 0.2) is 71.7 Å².